The Labute approximate surface area is 79.4 Å². The number of nitrogens with zero attached hydrogens (tertiary/aromatic N) is 2. The van der Waals surface area contributed by atoms with Crippen LogP contribution in [0.1, 0.15) is 10.5 Å². The van der Waals surface area contributed by atoms with Crippen LogP contribution in [0.15, 0.2) is 41.6 Å². The van der Waals surface area contributed by atoms with Gasteiger partial charge in [0, 0.05) is 12.4 Å². The van der Waals surface area contributed by atoms with Crippen molar-refractivity contribution in [2.75, 3.05) is 0 Å². The Morgan fingerprint density at radius 3 is 2.79 bits per heavy atom. The van der Waals surface area contributed by atoms with Gasteiger partial charge in [-0.05, 0) is 12.1 Å². The predicted octanol–water partition coefficient (Wildman–Crippen LogP) is 1.29. The lowest BCUT2D eigenvalue weighted by atomic mass is 10.4. The molecular formula is C9H6N2O3. The molecule has 0 fully saturated rings. The molecule has 5 nitrogen and oxygen atoms in total. The molecule has 70 valence electrons. The summed E-state index contributed by atoms with van der Waals surface area (Å²) in [5, 5.41) is 0. The molecule has 0 unspecified atom stereocenters. The van der Waals surface area contributed by atoms with E-state index in [2.05, 4.69) is 14.4 Å². The zero-order valence-electron chi connectivity index (χ0n) is 7.08. The van der Waals surface area contributed by atoms with Crippen LogP contribution in [0.25, 0.3) is 0 Å². The van der Waals surface area contributed by atoms with Gasteiger partial charge in [0.25, 0.3) is 0 Å². The van der Waals surface area contributed by atoms with Crippen LogP contribution < -0.4 is 4.74 Å². The van der Waals surface area contributed by atoms with E-state index in [9.17, 15) is 4.79 Å². The number of oxazole rings is 1. The molecule has 5 heteroatoms. The summed E-state index contributed by atoms with van der Waals surface area (Å²) < 4.78 is 9.61. The van der Waals surface area contributed by atoms with Crippen LogP contribution in [-0.2, 0) is 0 Å². The molecule has 0 aliphatic heterocycles. The molecule has 2 heterocycles. The molecule has 0 atom stereocenters. The molecule has 0 saturated heterocycles. The van der Waals surface area contributed by atoms with Crippen LogP contribution in [-0.4, -0.2) is 15.9 Å². The Bertz CT molecular complexity index is 411. The highest BCUT2D eigenvalue weighted by Crippen LogP contribution is 2.09. The van der Waals surface area contributed by atoms with Crippen molar-refractivity contribution in [1.82, 2.24) is 9.97 Å². The van der Waals surface area contributed by atoms with Crippen LogP contribution in [0.2, 0.25) is 0 Å². The average Bonchev–Trinajstić information content (AvgIpc) is 2.72. The summed E-state index contributed by atoms with van der Waals surface area (Å²) in [4.78, 5) is 18.8. The monoisotopic (exact) mass is 190 g/mol. The number of hydrogen-bond acceptors (Lipinski definition) is 5. The number of rotatable bonds is 2. The van der Waals surface area contributed by atoms with Crippen LogP contribution in [0.4, 0.5) is 0 Å². The van der Waals surface area contributed by atoms with Crippen LogP contribution in [0.3, 0.4) is 0 Å². The Hall–Kier alpha value is -2.17. The summed E-state index contributed by atoms with van der Waals surface area (Å²) in [6, 6.07) is 3.16. The zero-order chi connectivity index (χ0) is 9.80. The van der Waals surface area contributed by atoms with Crippen molar-refractivity contribution in [3.63, 3.8) is 0 Å². The fourth-order valence-electron chi connectivity index (χ4n) is 0.879. The van der Waals surface area contributed by atoms with E-state index < -0.39 is 5.97 Å². The van der Waals surface area contributed by atoms with Crippen molar-refractivity contribution < 1.29 is 13.9 Å². The van der Waals surface area contributed by atoms with Crippen LogP contribution >= 0.6 is 0 Å². The van der Waals surface area contributed by atoms with Gasteiger partial charge in [0.15, 0.2) is 12.1 Å². The van der Waals surface area contributed by atoms with Crippen molar-refractivity contribution in [2.24, 2.45) is 0 Å². The Morgan fingerprint density at radius 2 is 2.14 bits per heavy atom. The van der Waals surface area contributed by atoms with Gasteiger partial charge in [0.1, 0.15) is 12.0 Å². The topological polar surface area (TPSA) is 65.2 Å². The molecular weight excluding hydrogens is 184 g/mol. The third-order valence-electron chi connectivity index (χ3n) is 1.50. The summed E-state index contributed by atoms with van der Waals surface area (Å²) in [5.74, 6) is -0.127. The molecule has 0 bridgehead atoms. The first-order valence-corrected chi connectivity index (χ1v) is 3.86. The molecule has 0 saturated carbocycles. The second-order valence-electron chi connectivity index (χ2n) is 2.45. The third-order valence-corrected chi connectivity index (χ3v) is 1.50. The molecule has 2 aromatic rings. The number of hydrogen-bond donors (Lipinski definition) is 0. The van der Waals surface area contributed by atoms with Gasteiger partial charge in [-0.2, -0.15) is 0 Å². The summed E-state index contributed by atoms with van der Waals surface area (Å²) in [6.07, 6.45) is 5.46. The Kier molecular flexibility index (Phi) is 2.22. The summed E-state index contributed by atoms with van der Waals surface area (Å²) >= 11 is 0. The van der Waals surface area contributed by atoms with Gasteiger partial charge in [-0.1, -0.05) is 0 Å². The number of esters is 1. The lowest BCUT2D eigenvalue weighted by molar-refractivity contribution is 0.0728. The van der Waals surface area contributed by atoms with E-state index >= 15 is 0 Å². The molecule has 0 aliphatic rings. The minimum absolute atomic E-state index is 0.141. The van der Waals surface area contributed by atoms with E-state index in [1.54, 1.807) is 12.1 Å². The fraction of sp³-hybridized carbons (Fsp3) is 0. The van der Waals surface area contributed by atoms with Gasteiger partial charge in [-0.25, -0.2) is 9.78 Å². The molecule has 0 aliphatic carbocycles. The number of carbonyl (C=O) groups excluding carboxylic acids is 1. The number of ether oxygens (including phenoxy) is 1. The molecule has 0 N–H and O–H groups in total. The standard InChI is InChI=1S/C9H6N2O3/c12-9(8-5-13-6-11-8)14-7-1-3-10-4-2-7/h1-6H. The third kappa shape index (κ3) is 1.77. The largest absolute Gasteiger partial charge is 0.451 e. The average molecular weight is 190 g/mol. The van der Waals surface area contributed by atoms with E-state index in [-0.39, 0.29) is 5.69 Å². The molecule has 0 amide bonds. The highest BCUT2D eigenvalue weighted by Gasteiger charge is 2.10. The number of aromatic nitrogens is 2. The summed E-state index contributed by atoms with van der Waals surface area (Å²) in [7, 11) is 0. The van der Waals surface area contributed by atoms with E-state index in [1.165, 1.54) is 25.1 Å². The van der Waals surface area contributed by atoms with Crippen molar-refractivity contribution in [3.8, 4) is 5.75 Å². The molecule has 2 rings (SSSR count). The van der Waals surface area contributed by atoms with E-state index in [0.29, 0.717) is 5.75 Å². The molecule has 2 aromatic heterocycles. The molecule has 14 heavy (non-hydrogen) atoms. The first-order chi connectivity index (χ1) is 6.86. The number of carbonyl (C=O) groups is 1. The SMILES string of the molecule is O=C(Oc1ccncc1)c1cocn1. The van der Waals surface area contributed by atoms with Gasteiger partial charge in [-0.3, -0.25) is 4.98 Å². The minimum atomic E-state index is -0.551. The van der Waals surface area contributed by atoms with Crippen molar-refractivity contribution in [3.05, 3.63) is 42.9 Å². The highest BCUT2D eigenvalue weighted by molar-refractivity contribution is 5.88. The lowest BCUT2D eigenvalue weighted by Gasteiger charge is -1.99. The van der Waals surface area contributed by atoms with Crippen molar-refractivity contribution >= 4 is 5.97 Å². The minimum Gasteiger partial charge on any atom is -0.451 e. The quantitative estimate of drug-likeness (QED) is 0.667. The maximum absolute atomic E-state index is 11.3. The highest BCUT2D eigenvalue weighted by atomic mass is 16.5. The second kappa shape index (κ2) is 3.69. The Morgan fingerprint density at radius 1 is 1.36 bits per heavy atom. The van der Waals surface area contributed by atoms with Gasteiger partial charge in [0.2, 0.25) is 0 Å². The Balaban J connectivity index is 2.10. The summed E-state index contributed by atoms with van der Waals surface area (Å²) in [6.45, 7) is 0. The number of pyridine rings is 1. The lowest BCUT2D eigenvalue weighted by Crippen LogP contribution is -2.08. The van der Waals surface area contributed by atoms with Crippen molar-refractivity contribution in [1.29, 1.82) is 0 Å². The van der Waals surface area contributed by atoms with Gasteiger partial charge in [0.05, 0.1) is 0 Å². The van der Waals surface area contributed by atoms with E-state index in [1.807, 2.05) is 0 Å². The second-order valence-corrected chi connectivity index (χ2v) is 2.45. The first kappa shape index (κ1) is 8.43. The van der Waals surface area contributed by atoms with Gasteiger partial charge >= 0.3 is 5.97 Å². The normalized spacial score (nSPS) is 9.71. The smallest absolute Gasteiger partial charge is 0.365 e. The molecule has 0 aromatic carbocycles. The summed E-state index contributed by atoms with van der Waals surface area (Å²) in [5.41, 5.74) is 0.141. The molecule has 0 radical (unpaired) electrons. The van der Waals surface area contributed by atoms with Crippen molar-refractivity contribution in [2.45, 2.75) is 0 Å². The van der Waals surface area contributed by atoms with Gasteiger partial charge in [-0.15, -0.1) is 0 Å². The molecule has 0 spiro atoms. The first-order valence-electron chi connectivity index (χ1n) is 3.86. The zero-order valence-corrected chi connectivity index (χ0v) is 7.08. The fourth-order valence-corrected chi connectivity index (χ4v) is 0.879. The van der Waals surface area contributed by atoms with E-state index in [4.69, 9.17) is 4.74 Å². The maximum Gasteiger partial charge on any atom is 0.365 e. The predicted molar refractivity (Wildman–Crippen MR) is 45.7 cm³/mol. The van der Waals surface area contributed by atoms with Crippen LogP contribution in [0, 0.1) is 0 Å². The van der Waals surface area contributed by atoms with Gasteiger partial charge < -0.3 is 9.15 Å². The van der Waals surface area contributed by atoms with E-state index in [0.717, 1.165) is 0 Å². The maximum atomic E-state index is 11.3. The van der Waals surface area contributed by atoms with Crippen LogP contribution in [0.5, 0.6) is 5.75 Å².